The molecule has 1 aliphatic heterocycles. The van der Waals surface area contributed by atoms with Crippen molar-refractivity contribution in [2.45, 2.75) is 32.8 Å². The van der Waals surface area contributed by atoms with Crippen molar-refractivity contribution in [1.82, 2.24) is 14.8 Å². The molecule has 3 heterocycles. The minimum atomic E-state index is -3.07. The highest BCUT2D eigenvalue weighted by Crippen LogP contribution is 2.40. The highest BCUT2D eigenvalue weighted by Gasteiger charge is 2.30. The van der Waals surface area contributed by atoms with E-state index in [0.717, 1.165) is 0 Å². The van der Waals surface area contributed by atoms with Crippen molar-refractivity contribution in [3.8, 4) is 23.1 Å². The summed E-state index contributed by atoms with van der Waals surface area (Å²) in [6.07, 6.45) is 5.57. The van der Waals surface area contributed by atoms with E-state index in [1.54, 1.807) is 37.3 Å². The summed E-state index contributed by atoms with van der Waals surface area (Å²) in [7, 11) is 0. The van der Waals surface area contributed by atoms with Crippen LogP contribution in [0.5, 0.6) is 17.4 Å². The van der Waals surface area contributed by atoms with Crippen LogP contribution in [0.15, 0.2) is 60.4 Å². The summed E-state index contributed by atoms with van der Waals surface area (Å²) in [5.41, 5.74) is 9.54. The van der Waals surface area contributed by atoms with Crippen LogP contribution in [-0.4, -0.2) is 39.6 Å². The standard InChI is InChI=1S/C30H24F3N5O4/c1-16-9-26(41-24-6-3-2-5-21(24)31)35-15-23(16)38-29(34)20(14-36-38)28(40)19-10-17-12-22(37-8-4-7-27(37)39)25(42-30(32)33)13-18(17)11-19/h2-3,5-6,9,11-15,30H,4,7-8,10,34H2,1H3. The van der Waals surface area contributed by atoms with Crippen LogP contribution >= 0.6 is 0 Å². The van der Waals surface area contributed by atoms with Gasteiger partial charge < -0.3 is 20.1 Å². The summed E-state index contributed by atoms with van der Waals surface area (Å²) >= 11 is 0. The maximum atomic E-state index is 14.0. The summed E-state index contributed by atoms with van der Waals surface area (Å²) in [5, 5.41) is 4.29. The first kappa shape index (κ1) is 27.1. The Bertz CT molecular complexity index is 1770. The molecule has 9 nitrogen and oxygen atoms in total. The van der Waals surface area contributed by atoms with Gasteiger partial charge in [0.25, 0.3) is 0 Å². The van der Waals surface area contributed by atoms with Crippen molar-refractivity contribution in [3.05, 3.63) is 88.5 Å². The Morgan fingerprint density at radius 2 is 1.90 bits per heavy atom. The zero-order valence-corrected chi connectivity index (χ0v) is 22.3. The highest BCUT2D eigenvalue weighted by molar-refractivity contribution is 6.15. The lowest BCUT2D eigenvalue weighted by Crippen LogP contribution is -2.25. The van der Waals surface area contributed by atoms with Crippen molar-refractivity contribution in [2.24, 2.45) is 0 Å². The van der Waals surface area contributed by atoms with E-state index in [0.29, 0.717) is 47.3 Å². The van der Waals surface area contributed by atoms with E-state index in [2.05, 4.69) is 10.1 Å². The zero-order chi connectivity index (χ0) is 29.5. The first-order valence-corrected chi connectivity index (χ1v) is 13.1. The molecule has 12 heteroatoms. The molecule has 4 aromatic rings. The van der Waals surface area contributed by atoms with Gasteiger partial charge in [-0.3, -0.25) is 9.59 Å². The number of carbonyl (C=O) groups excluding carboxylic acids is 2. The van der Waals surface area contributed by atoms with E-state index < -0.39 is 12.4 Å². The number of hydrogen-bond donors (Lipinski definition) is 1. The molecule has 42 heavy (non-hydrogen) atoms. The average molecular weight is 576 g/mol. The first-order valence-electron chi connectivity index (χ1n) is 13.1. The lowest BCUT2D eigenvalue weighted by atomic mass is 10.0. The minimum Gasteiger partial charge on any atom is -0.436 e. The highest BCUT2D eigenvalue weighted by atomic mass is 19.3. The van der Waals surface area contributed by atoms with Gasteiger partial charge in [-0.2, -0.15) is 13.9 Å². The second kappa shape index (κ2) is 10.7. The molecule has 2 N–H and O–H groups in total. The number of fused-ring (bicyclic) bond motifs is 1. The predicted octanol–water partition coefficient (Wildman–Crippen LogP) is 5.64. The second-order valence-corrected chi connectivity index (χ2v) is 9.92. The smallest absolute Gasteiger partial charge is 0.387 e. The van der Waals surface area contributed by atoms with E-state index in [1.807, 2.05) is 0 Å². The number of ether oxygens (including phenoxy) is 2. The topological polar surface area (TPSA) is 113 Å². The van der Waals surface area contributed by atoms with E-state index in [-0.39, 0.29) is 52.6 Å². The zero-order valence-electron chi connectivity index (χ0n) is 22.3. The lowest BCUT2D eigenvalue weighted by Gasteiger charge is -2.21. The van der Waals surface area contributed by atoms with Crippen molar-refractivity contribution in [3.63, 3.8) is 0 Å². The number of allylic oxidation sites excluding steroid dienone is 1. The van der Waals surface area contributed by atoms with Crippen molar-refractivity contribution < 1.29 is 32.2 Å². The number of aryl methyl sites for hydroxylation is 1. The molecule has 0 atom stereocenters. The van der Waals surface area contributed by atoms with Crippen LogP contribution in [0.25, 0.3) is 11.8 Å². The quantitative estimate of drug-likeness (QED) is 0.271. The molecule has 0 unspecified atom stereocenters. The number of alkyl halides is 2. The Kier molecular flexibility index (Phi) is 6.89. The number of nitrogens with two attached hydrogens (primary N) is 1. The summed E-state index contributed by atoms with van der Waals surface area (Å²) in [5.74, 6) is -0.925. The van der Waals surface area contributed by atoms with Crippen molar-refractivity contribution in [2.75, 3.05) is 17.2 Å². The summed E-state index contributed by atoms with van der Waals surface area (Å²) in [6.45, 7) is -0.905. The number of hydrogen-bond acceptors (Lipinski definition) is 7. The summed E-state index contributed by atoms with van der Waals surface area (Å²) in [4.78, 5) is 31.5. The van der Waals surface area contributed by atoms with Gasteiger partial charge in [-0.05, 0) is 60.4 Å². The van der Waals surface area contributed by atoms with E-state index in [9.17, 15) is 22.8 Å². The van der Waals surface area contributed by atoms with E-state index in [1.165, 1.54) is 40.2 Å². The maximum Gasteiger partial charge on any atom is 0.387 e. The predicted molar refractivity (Wildman–Crippen MR) is 148 cm³/mol. The first-order chi connectivity index (χ1) is 20.2. The van der Waals surface area contributed by atoms with Crippen molar-refractivity contribution in [1.29, 1.82) is 0 Å². The third-order valence-electron chi connectivity index (χ3n) is 7.19. The number of carbonyl (C=O) groups is 2. The molecule has 0 saturated carbocycles. The molecule has 0 spiro atoms. The van der Waals surface area contributed by atoms with Gasteiger partial charge in [-0.1, -0.05) is 12.1 Å². The van der Waals surface area contributed by atoms with Gasteiger partial charge in [0.05, 0.1) is 29.3 Å². The molecule has 2 aliphatic rings. The molecule has 0 bridgehead atoms. The van der Waals surface area contributed by atoms with Gasteiger partial charge in [0.1, 0.15) is 11.6 Å². The van der Waals surface area contributed by atoms with Gasteiger partial charge in [0, 0.05) is 31.0 Å². The fourth-order valence-electron chi connectivity index (χ4n) is 5.15. The third kappa shape index (κ3) is 4.95. The van der Waals surface area contributed by atoms with E-state index >= 15 is 0 Å². The number of nitrogens with zero attached hydrogens (tertiary/aromatic N) is 4. The second-order valence-electron chi connectivity index (χ2n) is 9.92. The maximum absolute atomic E-state index is 14.0. The molecule has 1 amide bonds. The third-order valence-corrected chi connectivity index (χ3v) is 7.19. The molecule has 1 fully saturated rings. The van der Waals surface area contributed by atoms with Crippen LogP contribution < -0.4 is 20.1 Å². The number of rotatable bonds is 8. The van der Waals surface area contributed by atoms with Gasteiger partial charge in [-0.25, -0.2) is 14.1 Å². The molecular formula is C30H24F3N5O4. The average Bonchev–Trinajstić information content (AvgIpc) is 3.67. The number of benzene rings is 2. The molecule has 6 rings (SSSR count). The summed E-state index contributed by atoms with van der Waals surface area (Å²) in [6, 6.07) is 10.6. The van der Waals surface area contributed by atoms with Crippen LogP contribution in [0.2, 0.25) is 0 Å². The fraction of sp³-hybridized carbons (Fsp3) is 0.200. The molecule has 0 radical (unpaired) electrons. The Morgan fingerprint density at radius 3 is 2.62 bits per heavy atom. The Labute approximate surface area is 238 Å². The number of anilines is 2. The SMILES string of the molecule is Cc1cc(Oc2ccccc2F)ncc1-n1ncc(C(=O)C2=Cc3cc(OC(F)F)c(N4CCCC4=O)cc3C2)c1N. The number of aromatic nitrogens is 3. The number of amides is 1. The van der Waals surface area contributed by atoms with Crippen LogP contribution in [0, 0.1) is 12.7 Å². The number of ketones is 1. The normalized spacial score (nSPS) is 14.4. The Morgan fingerprint density at radius 1 is 1.10 bits per heavy atom. The van der Waals surface area contributed by atoms with Gasteiger partial charge in [0.15, 0.2) is 17.3 Å². The Hall–Kier alpha value is -5.13. The number of nitrogen functional groups attached to an aromatic ring is 1. The van der Waals surface area contributed by atoms with Gasteiger partial charge in [-0.15, -0.1) is 0 Å². The monoisotopic (exact) mass is 575 g/mol. The van der Waals surface area contributed by atoms with Gasteiger partial charge in [0.2, 0.25) is 11.8 Å². The number of pyridine rings is 1. The number of Topliss-reactive ketones (excluding diaryl/α,β-unsaturated/α-hetero) is 1. The van der Waals surface area contributed by atoms with Crippen molar-refractivity contribution >= 4 is 29.3 Å². The Balaban J connectivity index is 1.25. The van der Waals surface area contributed by atoms with E-state index in [4.69, 9.17) is 15.2 Å². The van der Waals surface area contributed by atoms with Gasteiger partial charge >= 0.3 is 6.61 Å². The van der Waals surface area contributed by atoms with Crippen LogP contribution in [-0.2, 0) is 11.2 Å². The number of para-hydroxylation sites is 1. The molecular weight excluding hydrogens is 551 g/mol. The van der Waals surface area contributed by atoms with Crippen LogP contribution in [0.4, 0.5) is 24.7 Å². The van der Waals surface area contributed by atoms with Crippen LogP contribution in [0.1, 0.15) is 39.9 Å². The molecule has 214 valence electrons. The molecule has 2 aromatic heterocycles. The largest absolute Gasteiger partial charge is 0.436 e. The van der Waals surface area contributed by atoms with Crippen LogP contribution in [0.3, 0.4) is 0 Å². The fourth-order valence-corrected chi connectivity index (χ4v) is 5.15. The molecule has 1 saturated heterocycles. The minimum absolute atomic E-state index is 0.0292. The number of halogens is 3. The molecule has 1 aliphatic carbocycles. The lowest BCUT2D eigenvalue weighted by molar-refractivity contribution is -0.117. The summed E-state index contributed by atoms with van der Waals surface area (Å²) < 4.78 is 52.0. The molecule has 2 aromatic carbocycles.